The Labute approximate surface area is 345 Å². The number of benzene rings is 9. The number of rotatable bonds is 6. The first-order chi connectivity index (χ1) is 29.7. The lowest BCUT2D eigenvalue weighted by atomic mass is 10.0. The number of hydrogen-bond acceptors (Lipinski definition) is 4. The Hall–Kier alpha value is -8.15. The van der Waals surface area contributed by atoms with Gasteiger partial charge in [0, 0.05) is 32.8 Å². The van der Waals surface area contributed by atoms with Crippen LogP contribution in [0.3, 0.4) is 0 Å². The van der Waals surface area contributed by atoms with Gasteiger partial charge in [-0.15, -0.1) is 0 Å². The largest absolute Gasteiger partial charge is 0.456 e. The third-order valence-corrected chi connectivity index (χ3v) is 11.7. The highest BCUT2D eigenvalue weighted by Gasteiger charge is 2.24. The normalized spacial score (nSPS) is 11.7. The van der Waals surface area contributed by atoms with Crippen molar-refractivity contribution < 1.29 is 4.42 Å². The Morgan fingerprint density at radius 1 is 0.333 bits per heavy atom. The molecule has 0 bridgehead atoms. The van der Waals surface area contributed by atoms with Gasteiger partial charge >= 0.3 is 0 Å². The minimum atomic E-state index is 0.572. The van der Waals surface area contributed by atoms with Gasteiger partial charge in [-0.3, -0.25) is 0 Å². The smallest absolute Gasteiger partial charge is 0.166 e. The topological polar surface area (TPSA) is 56.7 Å². The van der Waals surface area contributed by atoms with Crippen LogP contribution in [0, 0.1) is 0 Å². The second-order valence-corrected chi connectivity index (χ2v) is 15.2. The van der Waals surface area contributed by atoms with E-state index in [9.17, 15) is 0 Å². The summed E-state index contributed by atoms with van der Waals surface area (Å²) in [5.74, 6) is 1.76. The van der Waals surface area contributed by atoms with Crippen LogP contribution in [0.25, 0.3) is 117 Å². The Balaban J connectivity index is 1.14. The molecule has 12 aromatic rings. The Kier molecular flexibility index (Phi) is 7.78. The van der Waals surface area contributed by atoms with E-state index in [0.717, 1.165) is 77.6 Å². The van der Waals surface area contributed by atoms with Gasteiger partial charge < -0.3 is 8.98 Å². The number of hydrogen-bond donors (Lipinski definition) is 0. The van der Waals surface area contributed by atoms with Gasteiger partial charge in [0.15, 0.2) is 17.5 Å². The van der Waals surface area contributed by atoms with Crippen LogP contribution >= 0.6 is 0 Å². The molecule has 280 valence electrons. The molecule has 0 atom stereocenters. The van der Waals surface area contributed by atoms with E-state index in [-0.39, 0.29) is 0 Å². The molecule has 0 amide bonds. The van der Waals surface area contributed by atoms with Gasteiger partial charge in [0.1, 0.15) is 11.2 Å². The highest BCUT2D eigenvalue weighted by atomic mass is 16.3. The average molecular weight is 767 g/mol. The van der Waals surface area contributed by atoms with Crippen molar-refractivity contribution in [3.8, 4) is 62.1 Å². The van der Waals surface area contributed by atoms with E-state index >= 15 is 0 Å². The van der Waals surface area contributed by atoms with Gasteiger partial charge in [0.25, 0.3) is 0 Å². The minimum Gasteiger partial charge on any atom is -0.456 e. The van der Waals surface area contributed by atoms with Crippen molar-refractivity contribution in [1.29, 1.82) is 0 Å². The summed E-state index contributed by atoms with van der Waals surface area (Å²) in [6, 6.07) is 72.1. The molecule has 0 unspecified atom stereocenters. The van der Waals surface area contributed by atoms with Crippen LogP contribution in [0.15, 0.2) is 211 Å². The molecule has 0 spiro atoms. The lowest BCUT2D eigenvalue weighted by molar-refractivity contribution is 0.669. The molecule has 5 nitrogen and oxygen atoms in total. The first-order valence-electron chi connectivity index (χ1n) is 20.2. The molecule has 9 aromatic carbocycles. The molecule has 0 saturated carbocycles. The molecule has 5 heteroatoms. The van der Waals surface area contributed by atoms with Crippen LogP contribution < -0.4 is 0 Å². The van der Waals surface area contributed by atoms with Crippen molar-refractivity contribution in [2.45, 2.75) is 0 Å². The third-order valence-electron chi connectivity index (χ3n) is 11.7. The van der Waals surface area contributed by atoms with Gasteiger partial charge in [-0.2, -0.15) is 0 Å². The zero-order chi connectivity index (χ0) is 39.6. The van der Waals surface area contributed by atoms with Crippen LogP contribution in [0.4, 0.5) is 0 Å². The molecule has 0 saturated heterocycles. The summed E-state index contributed by atoms with van der Waals surface area (Å²) < 4.78 is 8.98. The highest BCUT2D eigenvalue weighted by molar-refractivity contribution is 6.18. The molecule has 0 fully saturated rings. The summed E-state index contributed by atoms with van der Waals surface area (Å²) in [7, 11) is 0. The van der Waals surface area contributed by atoms with Crippen LogP contribution in [0.5, 0.6) is 0 Å². The standard InChI is InChI=1S/C55H34N4O/c1-3-13-35(14-4-1)37-23-27-39(28-24-37)53-56-54(40-29-25-38(26-30-40)36-15-5-2-6-16-36)58-55(57-53)45-31-32-50-51(44-20-10-12-22-49(44)60-50)52(45)59-47-21-11-9-19-43(47)46-33-41-17-7-8-18-42(41)34-48(46)59/h1-34H. The van der Waals surface area contributed by atoms with E-state index in [4.69, 9.17) is 19.4 Å². The van der Waals surface area contributed by atoms with Crippen molar-refractivity contribution >= 4 is 54.5 Å². The molecule has 3 heterocycles. The summed E-state index contributed by atoms with van der Waals surface area (Å²) in [6.45, 7) is 0. The number of fused-ring (bicyclic) bond motifs is 7. The van der Waals surface area contributed by atoms with Crippen molar-refractivity contribution in [2.24, 2.45) is 0 Å². The second-order valence-electron chi connectivity index (χ2n) is 15.2. The van der Waals surface area contributed by atoms with Gasteiger partial charge in [0.05, 0.1) is 22.1 Å². The van der Waals surface area contributed by atoms with Gasteiger partial charge in [-0.05, 0) is 69.4 Å². The van der Waals surface area contributed by atoms with E-state index in [0.29, 0.717) is 17.5 Å². The van der Waals surface area contributed by atoms with E-state index < -0.39 is 0 Å². The van der Waals surface area contributed by atoms with Gasteiger partial charge in [-0.1, -0.05) is 170 Å². The number of nitrogens with zero attached hydrogens (tertiary/aromatic N) is 4. The molecule has 0 aliphatic carbocycles. The molecule has 0 aliphatic heterocycles. The molecule has 60 heavy (non-hydrogen) atoms. The fourth-order valence-corrected chi connectivity index (χ4v) is 8.75. The molecular formula is C55H34N4O. The van der Waals surface area contributed by atoms with E-state index in [1.807, 2.05) is 24.3 Å². The molecule has 0 N–H and O–H groups in total. The van der Waals surface area contributed by atoms with Crippen LogP contribution in [0.1, 0.15) is 0 Å². The maximum absolute atomic E-state index is 6.59. The molecular weight excluding hydrogens is 733 g/mol. The molecule has 0 aliphatic rings. The zero-order valence-corrected chi connectivity index (χ0v) is 32.3. The summed E-state index contributed by atoms with van der Waals surface area (Å²) in [6.07, 6.45) is 0. The first-order valence-corrected chi connectivity index (χ1v) is 20.2. The van der Waals surface area contributed by atoms with Gasteiger partial charge in [-0.25, -0.2) is 15.0 Å². The van der Waals surface area contributed by atoms with Crippen LogP contribution in [0.2, 0.25) is 0 Å². The maximum Gasteiger partial charge on any atom is 0.166 e. The monoisotopic (exact) mass is 766 g/mol. The molecule has 12 rings (SSSR count). The SMILES string of the molecule is c1ccc(-c2ccc(-c3nc(-c4ccc(-c5ccccc5)cc4)nc(-c4ccc5oc6ccccc6c5c4-n4c5ccccc5c5cc6ccccc6cc54)n3)cc2)cc1. The average Bonchev–Trinajstić information content (AvgIpc) is 3.86. The summed E-state index contributed by atoms with van der Waals surface area (Å²) in [4.78, 5) is 15.9. The van der Waals surface area contributed by atoms with Crippen LogP contribution in [-0.2, 0) is 0 Å². The quantitative estimate of drug-likeness (QED) is 0.169. The Morgan fingerprint density at radius 3 is 1.48 bits per heavy atom. The minimum absolute atomic E-state index is 0.572. The fraction of sp³-hybridized carbons (Fsp3) is 0. The first kappa shape index (κ1) is 33.9. The fourth-order valence-electron chi connectivity index (χ4n) is 8.75. The molecule has 0 radical (unpaired) electrons. The van der Waals surface area contributed by atoms with Crippen molar-refractivity contribution in [1.82, 2.24) is 19.5 Å². The lowest BCUT2D eigenvalue weighted by Gasteiger charge is -2.16. The van der Waals surface area contributed by atoms with Crippen molar-refractivity contribution in [3.05, 3.63) is 206 Å². The summed E-state index contributed by atoms with van der Waals surface area (Å²) in [5, 5.41) is 6.74. The highest BCUT2D eigenvalue weighted by Crippen LogP contribution is 2.44. The van der Waals surface area contributed by atoms with Crippen LogP contribution in [-0.4, -0.2) is 19.5 Å². The Bertz CT molecular complexity index is 3470. The molecule has 3 aromatic heterocycles. The predicted molar refractivity (Wildman–Crippen MR) is 246 cm³/mol. The van der Waals surface area contributed by atoms with Gasteiger partial charge in [0.2, 0.25) is 0 Å². The zero-order valence-electron chi connectivity index (χ0n) is 32.3. The van der Waals surface area contributed by atoms with E-state index in [1.165, 1.54) is 21.5 Å². The Morgan fingerprint density at radius 2 is 0.833 bits per heavy atom. The van der Waals surface area contributed by atoms with Crippen molar-refractivity contribution in [2.75, 3.05) is 0 Å². The number of aromatic nitrogens is 4. The number of para-hydroxylation sites is 2. The van der Waals surface area contributed by atoms with Crippen molar-refractivity contribution in [3.63, 3.8) is 0 Å². The third kappa shape index (κ3) is 5.59. The lowest BCUT2D eigenvalue weighted by Crippen LogP contribution is -2.04. The summed E-state index contributed by atoms with van der Waals surface area (Å²) in [5.41, 5.74) is 12.0. The second kappa shape index (κ2) is 13.8. The predicted octanol–water partition coefficient (Wildman–Crippen LogP) is 14.4. The number of furan rings is 1. The maximum atomic E-state index is 6.59. The van der Waals surface area contributed by atoms with E-state index in [2.05, 4.69) is 187 Å². The van der Waals surface area contributed by atoms with E-state index in [1.54, 1.807) is 0 Å². The summed E-state index contributed by atoms with van der Waals surface area (Å²) >= 11 is 0.